The highest BCUT2D eigenvalue weighted by atomic mass is 16.5. The number of aromatic nitrogens is 1. The Bertz CT molecular complexity index is 635. The minimum atomic E-state index is -0.0560. The largest absolute Gasteiger partial charge is 0.490 e. The van der Waals surface area contributed by atoms with Gasteiger partial charge in [-0.05, 0) is 56.0 Å². The SMILES string of the molecule is C[C@H]1CC(Oc2ccc3c(=O)[nH]ccc3c2)CCN1. The van der Waals surface area contributed by atoms with Crippen LogP contribution in [0.25, 0.3) is 10.8 Å². The van der Waals surface area contributed by atoms with Crippen LogP contribution in [0, 0.1) is 0 Å². The van der Waals surface area contributed by atoms with Gasteiger partial charge in [-0.2, -0.15) is 0 Å². The van der Waals surface area contributed by atoms with Gasteiger partial charge >= 0.3 is 0 Å². The number of nitrogens with one attached hydrogen (secondary N) is 2. The highest BCUT2D eigenvalue weighted by Gasteiger charge is 2.19. The number of H-pyrrole nitrogens is 1. The average molecular weight is 258 g/mol. The molecule has 0 radical (unpaired) electrons. The summed E-state index contributed by atoms with van der Waals surface area (Å²) in [5.74, 6) is 0.845. The van der Waals surface area contributed by atoms with Gasteiger partial charge in [0.25, 0.3) is 5.56 Å². The molecule has 1 aromatic heterocycles. The number of piperidine rings is 1. The van der Waals surface area contributed by atoms with Gasteiger partial charge in [-0.1, -0.05) is 0 Å². The second-order valence-electron chi connectivity index (χ2n) is 5.18. The van der Waals surface area contributed by atoms with Gasteiger partial charge in [0.15, 0.2) is 0 Å². The van der Waals surface area contributed by atoms with Crippen LogP contribution in [-0.4, -0.2) is 23.7 Å². The van der Waals surface area contributed by atoms with Gasteiger partial charge in [0.05, 0.1) is 0 Å². The summed E-state index contributed by atoms with van der Waals surface area (Å²) in [5.41, 5.74) is -0.0560. The fraction of sp³-hybridized carbons (Fsp3) is 0.400. The second kappa shape index (κ2) is 5.05. The number of benzene rings is 1. The van der Waals surface area contributed by atoms with E-state index in [1.54, 1.807) is 6.20 Å². The number of aromatic amines is 1. The molecule has 4 heteroatoms. The Morgan fingerprint density at radius 2 is 2.21 bits per heavy atom. The Labute approximate surface area is 111 Å². The third-order valence-corrected chi connectivity index (χ3v) is 3.62. The molecular formula is C15H18N2O2. The molecule has 1 aromatic carbocycles. The van der Waals surface area contributed by atoms with Gasteiger partial charge < -0.3 is 15.0 Å². The van der Waals surface area contributed by atoms with Gasteiger partial charge in [-0.3, -0.25) is 4.79 Å². The van der Waals surface area contributed by atoms with Crippen molar-refractivity contribution in [2.75, 3.05) is 6.54 Å². The molecule has 19 heavy (non-hydrogen) atoms. The van der Waals surface area contributed by atoms with Gasteiger partial charge in [0.1, 0.15) is 11.9 Å². The molecule has 2 aromatic rings. The minimum absolute atomic E-state index is 0.0560. The predicted octanol–water partition coefficient (Wildman–Crippen LogP) is 2.05. The van der Waals surface area contributed by atoms with Crippen molar-refractivity contribution in [3.63, 3.8) is 0 Å². The smallest absolute Gasteiger partial charge is 0.255 e. The highest BCUT2D eigenvalue weighted by molar-refractivity contribution is 5.82. The van der Waals surface area contributed by atoms with Crippen LogP contribution in [0.15, 0.2) is 35.3 Å². The number of pyridine rings is 1. The number of ether oxygens (including phenoxy) is 1. The number of fused-ring (bicyclic) bond motifs is 1. The zero-order valence-corrected chi connectivity index (χ0v) is 11.0. The van der Waals surface area contributed by atoms with Crippen LogP contribution in [0.2, 0.25) is 0 Å². The maximum absolute atomic E-state index is 11.6. The van der Waals surface area contributed by atoms with Crippen molar-refractivity contribution in [3.8, 4) is 5.75 Å². The van der Waals surface area contributed by atoms with Crippen molar-refractivity contribution in [2.24, 2.45) is 0 Å². The molecule has 2 heterocycles. The van der Waals surface area contributed by atoms with Crippen LogP contribution in [0.4, 0.5) is 0 Å². The minimum Gasteiger partial charge on any atom is -0.490 e. The van der Waals surface area contributed by atoms with E-state index in [4.69, 9.17) is 4.74 Å². The first kappa shape index (κ1) is 12.2. The molecule has 1 fully saturated rings. The number of hydrogen-bond donors (Lipinski definition) is 2. The molecule has 1 aliphatic rings. The molecule has 0 spiro atoms. The predicted molar refractivity (Wildman–Crippen MR) is 75.7 cm³/mol. The molecule has 4 nitrogen and oxygen atoms in total. The lowest BCUT2D eigenvalue weighted by atomic mass is 10.0. The van der Waals surface area contributed by atoms with Crippen molar-refractivity contribution in [1.82, 2.24) is 10.3 Å². The Balaban J connectivity index is 1.83. The fourth-order valence-electron chi connectivity index (χ4n) is 2.63. The summed E-state index contributed by atoms with van der Waals surface area (Å²) < 4.78 is 6.02. The lowest BCUT2D eigenvalue weighted by molar-refractivity contribution is 0.144. The van der Waals surface area contributed by atoms with E-state index in [1.807, 2.05) is 24.3 Å². The van der Waals surface area contributed by atoms with E-state index in [1.165, 1.54) is 0 Å². The van der Waals surface area contributed by atoms with Crippen LogP contribution in [0.1, 0.15) is 19.8 Å². The van der Waals surface area contributed by atoms with Crippen molar-refractivity contribution in [2.45, 2.75) is 31.9 Å². The maximum Gasteiger partial charge on any atom is 0.255 e. The van der Waals surface area contributed by atoms with Crippen molar-refractivity contribution >= 4 is 10.8 Å². The molecule has 100 valence electrons. The molecular weight excluding hydrogens is 240 g/mol. The molecule has 1 unspecified atom stereocenters. The lowest BCUT2D eigenvalue weighted by Crippen LogP contribution is -2.40. The van der Waals surface area contributed by atoms with Gasteiger partial charge in [-0.25, -0.2) is 0 Å². The summed E-state index contributed by atoms with van der Waals surface area (Å²) in [5, 5.41) is 5.03. The fourth-order valence-corrected chi connectivity index (χ4v) is 2.63. The Kier molecular flexibility index (Phi) is 3.25. The molecule has 0 bridgehead atoms. The van der Waals surface area contributed by atoms with E-state index in [2.05, 4.69) is 17.2 Å². The molecule has 1 aliphatic heterocycles. The van der Waals surface area contributed by atoms with Crippen LogP contribution >= 0.6 is 0 Å². The van der Waals surface area contributed by atoms with E-state index in [9.17, 15) is 4.79 Å². The number of rotatable bonds is 2. The Morgan fingerprint density at radius 1 is 1.32 bits per heavy atom. The lowest BCUT2D eigenvalue weighted by Gasteiger charge is -2.28. The highest BCUT2D eigenvalue weighted by Crippen LogP contribution is 2.22. The van der Waals surface area contributed by atoms with Crippen LogP contribution in [0.5, 0.6) is 5.75 Å². The second-order valence-corrected chi connectivity index (χ2v) is 5.18. The first-order chi connectivity index (χ1) is 9.22. The zero-order valence-electron chi connectivity index (χ0n) is 11.0. The molecule has 0 aliphatic carbocycles. The van der Waals surface area contributed by atoms with E-state index < -0.39 is 0 Å². The summed E-state index contributed by atoms with van der Waals surface area (Å²) in [6.45, 7) is 3.18. The zero-order chi connectivity index (χ0) is 13.2. The summed E-state index contributed by atoms with van der Waals surface area (Å²) in [6.07, 6.45) is 3.97. The molecule has 3 rings (SSSR count). The van der Waals surface area contributed by atoms with Gasteiger partial charge in [0, 0.05) is 17.6 Å². The topological polar surface area (TPSA) is 54.1 Å². The molecule has 2 N–H and O–H groups in total. The molecule has 0 saturated carbocycles. The Hall–Kier alpha value is -1.81. The first-order valence-corrected chi connectivity index (χ1v) is 6.74. The molecule has 1 saturated heterocycles. The van der Waals surface area contributed by atoms with Crippen LogP contribution in [-0.2, 0) is 0 Å². The summed E-state index contributed by atoms with van der Waals surface area (Å²) in [6, 6.07) is 8.05. The average Bonchev–Trinajstić information content (AvgIpc) is 2.39. The first-order valence-electron chi connectivity index (χ1n) is 6.74. The normalized spacial score (nSPS) is 23.4. The summed E-state index contributed by atoms with van der Waals surface area (Å²) >= 11 is 0. The van der Waals surface area contributed by atoms with Crippen LogP contribution in [0.3, 0.4) is 0 Å². The third-order valence-electron chi connectivity index (χ3n) is 3.62. The van der Waals surface area contributed by atoms with Gasteiger partial charge in [-0.15, -0.1) is 0 Å². The van der Waals surface area contributed by atoms with E-state index in [0.717, 1.165) is 30.5 Å². The number of hydrogen-bond acceptors (Lipinski definition) is 3. The van der Waals surface area contributed by atoms with E-state index in [-0.39, 0.29) is 11.7 Å². The quantitative estimate of drug-likeness (QED) is 0.866. The molecule has 2 atom stereocenters. The summed E-state index contributed by atoms with van der Waals surface area (Å²) in [4.78, 5) is 14.3. The van der Waals surface area contributed by atoms with E-state index in [0.29, 0.717) is 11.4 Å². The van der Waals surface area contributed by atoms with Crippen molar-refractivity contribution in [3.05, 3.63) is 40.8 Å². The monoisotopic (exact) mass is 258 g/mol. The molecule has 0 amide bonds. The Morgan fingerprint density at radius 3 is 3.05 bits per heavy atom. The van der Waals surface area contributed by atoms with Gasteiger partial charge in [0.2, 0.25) is 0 Å². The van der Waals surface area contributed by atoms with Crippen LogP contribution < -0.4 is 15.6 Å². The van der Waals surface area contributed by atoms with Crippen molar-refractivity contribution in [1.29, 1.82) is 0 Å². The third kappa shape index (κ3) is 2.63. The van der Waals surface area contributed by atoms with E-state index >= 15 is 0 Å². The summed E-state index contributed by atoms with van der Waals surface area (Å²) in [7, 11) is 0. The maximum atomic E-state index is 11.6. The van der Waals surface area contributed by atoms with Crippen molar-refractivity contribution < 1.29 is 4.74 Å². The standard InChI is InChI=1S/C15H18N2O2/c1-10-8-13(5-7-16-10)19-12-2-3-14-11(9-12)4-6-17-15(14)18/h2-4,6,9-10,13,16H,5,7-8H2,1H3,(H,17,18)/t10-,13?/m0/s1.